The summed E-state index contributed by atoms with van der Waals surface area (Å²) in [5.41, 5.74) is 0.977. The molecule has 0 spiro atoms. The zero-order valence-corrected chi connectivity index (χ0v) is 10.5. The second-order valence-electron chi connectivity index (χ2n) is 4.92. The quantitative estimate of drug-likeness (QED) is 0.846. The van der Waals surface area contributed by atoms with Crippen LogP contribution >= 0.6 is 0 Å². The van der Waals surface area contributed by atoms with Crippen LogP contribution in [0, 0.1) is 0 Å². The zero-order valence-electron chi connectivity index (χ0n) is 10.5. The van der Waals surface area contributed by atoms with Crippen LogP contribution in [0.3, 0.4) is 0 Å². The molecule has 0 amide bonds. The van der Waals surface area contributed by atoms with Gasteiger partial charge < -0.3 is 14.9 Å². The Kier molecular flexibility index (Phi) is 3.78. The summed E-state index contributed by atoms with van der Waals surface area (Å²) >= 11 is 0. The lowest BCUT2D eigenvalue weighted by Gasteiger charge is -2.24. The van der Waals surface area contributed by atoms with Crippen molar-refractivity contribution < 1.29 is 19.7 Å². The molecule has 0 heterocycles. The van der Waals surface area contributed by atoms with Gasteiger partial charge in [0, 0.05) is 5.56 Å². The standard InChI is InChI=1S/C13H18O4/c1-13(2,3)9-7-5-6-8(11(9)17-4)10(14)12(15)16/h5-7,10,14H,1-4H3,(H,15,16). The molecule has 4 heteroatoms. The normalized spacial score (nSPS) is 13.2. The van der Waals surface area contributed by atoms with E-state index in [1.807, 2.05) is 26.8 Å². The van der Waals surface area contributed by atoms with Gasteiger partial charge in [-0.3, -0.25) is 0 Å². The fraction of sp³-hybridized carbons (Fsp3) is 0.462. The van der Waals surface area contributed by atoms with Gasteiger partial charge in [-0.1, -0.05) is 39.0 Å². The third-order valence-corrected chi connectivity index (χ3v) is 2.59. The van der Waals surface area contributed by atoms with E-state index in [0.717, 1.165) is 5.56 Å². The van der Waals surface area contributed by atoms with Crippen LogP contribution < -0.4 is 4.74 Å². The molecule has 1 rings (SSSR count). The summed E-state index contributed by atoms with van der Waals surface area (Å²) in [5.74, 6) is -0.843. The van der Waals surface area contributed by atoms with Crippen LogP contribution in [0.1, 0.15) is 38.0 Å². The minimum atomic E-state index is -1.56. The van der Waals surface area contributed by atoms with E-state index in [1.165, 1.54) is 7.11 Å². The molecule has 2 N–H and O–H groups in total. The Balaban J connectivity index is 3.39. The first-order valence-corrected chi connectivity index (χ1v) is 5.37. The van der Waals surface area contributed by atoms with Gasteiger partial charge in [0.15, 0.2) is 6.10 Å². The first-order valence-electron chi connectivity index (χ1n) is 5.37. The topological polar surface area (TPSA) is 66.8 Å². The minimum Gasteiger partial charge on any atom is -0.496 e. The van der Waals surface area contributed by atoms with Crippen molar-refractivity contribution in [3.63, 3.8) is 0 Å². The number of aliphatic carboxylic acids is 1. The van der Waals surface area contributed by atoms with Crippen LogP contribution in [-0.2, 0) is 10.2 Å². The first kappa shape index (κ1) is 13.5. The maximum absolute atomic E-state index is 10.8. The lowest BCUT2D eigenvalue weighted by Crippen LogP contribution is -2.17. The van der Waals surface area contributed by atoms with Crippen molar-refractivity contribution in [1.82, 2.24) is 0 Å². The summed E-state index contributed by atoms with van der Waals surface area (Å²) in [6, 6.07) is 5.16. The molecule has 0 bridgehead atoms. The van der Waals surface area contributed by atoms with Crippen molar-refractivity contribution in [3.05, 3.63) is 29.3 Å². The van der Waals surface area contributed by atoms with Crippen LogP contribution in [0.4, 0.5) is 0 Å². The van der Waals surface area contributed by atoms with Gasteiger partial charge in [0.1, 0.15) is 5.75 Å². The van der Waals surface area contributed by atoms with Gasteiger partial charge in [-0.2, -0.15) is 0 Å². The molecule has 1 aromatic carbocycles. The number of carbonyl (C=O) groups is 1. The molecule has 4 nitrogen and oxygen atoms in total. The van der Waals surface area contributed by atoms with E-state index in [9.17, 15) is 9.90 Å². The van der Waals surface area contributed by atoms with E-state index in [0.29, 0.717) is 5.75 Å². The molecular weight excluding hydrogens is 220 g/mol. The average Bonchev–Trinajstić information content (AvgIpc) is 2.25. The van der Waals surface area contributed by atoms with E-state index in [-0.39, 0.29) is 11.0 Å². The number of ether oxygens (including phenoxy) is 1. The highest BCUT2D eigenvalue weighted by atomic mass is 16.5. The fourth-order valence-electron chi connectivity index (χ4n) is 1.72. The van der Waals surface area contributed by atoms with E-state index < -0.39 is 12.1 Å². The van der Waals surface area contributed by atoms with Gasteiger partial charge in [-0.05, 0) is 11.0 Å². The van der Waals surface area contributed by atoms with Crippen LogP contribution in [-0.4, -0.2) is 23.3 Å². The molecule has 0 aliphatic rings. The van der Waals surface area contributed by atoms with Crippen LogP contribution in [0.5, 0.6) is 5.75 Å². The molecule has 0 radical (unpaired) electrons. The van der Waals surface area contributed by atoms with Gasteiger partial charge >= 0.3 is 5.97 Å². The molecule has 94 valence electrons. The third-order valence-electron chi connectivity index (χ3n) is 2.59. The number of carboxylic acid groups (broad SMARTS) is 1. The number of rotatable bonds is 3. The largest absolute Gasteiger partial charge is 0.496 e. The summed E-state index contributed by atoms with van der Waals surface area (Å²) in [4.78, 5) is 10.8. The van der Waals surface area contributed by atoms with Crippen molar-refractivity contribution in [2.75, 3.05) is 7.11 Å². The Morgan fingerprint density at radius 1 is 1.35 bits per heavy atom. The summed E-state index contributed by atoms with van der Waals surface area (Å²) in [5, 5.41) is 18.5. The Morgan fingerprint density at radius 3 is 2.35 bits per heavy atom. The summed E-state index contributed by atoms with van der Waals surface area (Å²) in [7, 11) is 1.47. The predicted octanol–water partition coefficient (Wildman–Crippen LogP) is 2.11. The predicted molar refractivity (Wildman–Crippen MR) is 64.3 cm³/mol. The zero-order chi connectivity index (χ0) is 13.2. The molecule has 0 aliphatic carbocycles. The SMILES string of the molecule is COc1c(C(O)C(=O)O)cccc1C(C)(C)C. The second kappa shape index (κ2) is 4.75. The molecule has 0 aliphatic heterocycles. The number of hydrogen-bond acceptors (Lipinski definition) is 3. The maximum Gasteiger partial charge on any atom is 0.337 e. The molecule has 1 atom stereocenters. The molecule has 0 aromatic heterocycles. The second-order valence-corrected chi connectivity index (χ2v) is 4.92. The molecule has 17 heavy (non-hydrogen) atoms. The van der Waals surface area contributed by atoms with Gasteiger partial charge in [0.25, 0.3) is 0 Å². The average molecular weight is 238 g/mol. The van der Waals surface area contributed by atoms with Crippen molar-refractivity contribution >= 4 is 5.97 Å². The fourth-order valence-corrected chi connectivity index (χ4v) is 1.72. The molecule has 0 saturated carbocycles. The number of hydrogen-bond donors (Lipinski definition) is 2. The number of methoxy groups -OCH3 is 1. The van der Waals surface area contributed by atoms with Crippen LogP contribution in [0.15, 0.2) is 18.2 Å². The summed E-state index contributed by atoms with van der Waals surface area (Å²) in [6.07, 6.45) is -1.56. The Labute approximate surface area is 101 Å². The molecule has 1 unspecified atom stereocenters. The highest BCUT2D eigenvalue weighted by Gasteiger charge is 2.26. The smallest absolute Gasteiger partial charge is 0.337 e. The van der Waals surface area contributed by atoms with Crippen LogP contribution in [0.25, 0.3) is 0 Å². The Bertz CT molecular complexity index is 418. The van der Waals surface area contributed by atoms with Crippen molar-refractivity contribution in [2.45, 2.75) is 32.3 Å². The van der Waals surface area contributed by atoms with Crippen LogP contribution in [0.2, 0.25) is 0 Å². The first-order chi connectivity index (χ1) is 7.79. The lowest BCUT2D eigenvalue weighted by molar-refractivity contribution is -0.147. The monoisotopic (exact) mass is 238 g/mol. The van der Waals surface area contributed by atoms with Crippen molar-refractivity contribution in [3.8, 4) is 5.75 Å². The highest BCUT2D eigenvalue weighted by Crippen LogP contribution is 2.36. The maximum atomic E-state index is 10.8. The van der Waals surface area contributed by atoms with Gasteiger partial charge in [-0.15, -0.1) is 0 Å². The van der Waals surface area contributed by atoms with Gasteiger partial charge in [0.2, 0.25) is 0 Å². The van der Waals surface area contributed by atoms with E-state index in [4.69, 9.17) is 9.84 Å². The van der Waals surface area contributed by atoms with Gasteiger partial charge in [0.05, 0.1) is 7.11 Å². The minimum absolute atomic E-state index is 0.181. The number of benzene rings is 1. The van der Waals surface area contributed by atoms with Gasteiger partial charge in [-0.25, -0.2) is 4.79 Å². The summed E-state index contributed by atoms with van der Waals surface area (Å²) < 4.78 is 5.25. The lowest BCUT2D eigenvalue weighted by atomic mass is 9.84. The number of aliphatic hydroxyl groups is 1. The molecule has 0 fully saturated rings. The summed E-state index contributed by atoms with van der Waals surface area (Å²) in [6.45, 7) is 6.01. The van der Waals surface area contributed by atoms with E-state index in [2.05, 4.69) is 0 Å². The third kappa shape index (κ3) is 2.77. The Hall–Kier alpha value is -1.55. The molecular formula is C13H18O4. The van der Waals surface area contributed by atoms with Crippen molar-refractivity contribution in [1.29, 1.82) is 0 Å². The highest BCUT2D eigenvalue weighted by molar-refractivity contribution is 5.75. The Morgan fingerprint density at radius 2 is 1.94 bits per heavy atom. The number of carboxylic acids is 1. The molecule has 1 aromatic rings. The van der Waals surface area contributed by atoms with Crippen molar-refractivity contribution in [2.24, 2.45) is 0 Å². The molecule has 0 saturated heterocycles. The number of para-hydroxylation sites is 1. The number of aliphatic hydroxyl groups excluding tert-OH is 1. The van der Waals surface area contributed by atoms with E-state index >= 15 is 0 Å². The van der Waals surface area contributed by atoms with E-state index in [1.54, 1.807) is 12.1 Å².